The summed E-state index contributed by atoms with van der Waals surface area (Å²) in [7, 11) is 0. The minimum atomic E-state index is -0.129. The molecule has 1 saturated heterocycles. The molecular formula is C24H27N3O3. The Bertz CT molecular complexity index is 1080. The molecule has 0 bridgehead atoms. The molecule has 6 heteroatoms. The molecule has 156 valence electrons. The first-order valence-corrected chi connectivity index (χ1v) is 10.6. The number of carbonyl (C=O) groups excluding carboxylic acids is 1. The van der Waals surface area contributed by atoms with Gasteiger partial charge in [0.25, 0.3) is 0 Å². The lowest BCUT2D eigenvalue weighted by atomic mass is 10.0. The van der Waals surface area contributed by atoms with Gasteiger partial charge in [0.15, 0.2) is 17.3 Å². The van der Waals surface area contributed by atoms with Crippen molar-refractivity contribution in [1.29, 1.82) is 0 Å². The third kappa shape index (κ3) is 3.46. The Morgan fingerprint density at radius 1 is 1.07 bits per heavy atom. The number of hydrogen-bond acceptors (Lipinski definition) is 5. The van der Waals surface area contributed by atoms with Crippen molar-refractivity contribution in [2.75, 3.05) is 33.0 Å². The molecular weight excluding hydrogens is 378 g/mol. The first-order valence-electron chi connectivity index (χ1n) is 10.6. The molecule has 0 unspecified atom stereocenters. The van der Waals surface area contributed by atoms with E-state index in [1.807, 2.05) is 44.2 Å². The van der Waals surface area contributed by atoms with E-state index in [0.717, 1.165) is 66.4 Å². The zero-order valence-electron chi connectivity index (χ0n) is 17.5. The molecule has 1 atom stereocenters. The Kier molecular flexibility index (Phi) is 4.97. The molecule has 2 aliphatic rings. The number of hydrogen-bond donors (Lipinski definition) is 1. The number of nitrogens with zero attached hydrogens (tertiary/aromatic N) is 2. The van der Waals surface area contributed by atoms with E-state index < -0.39 is 0 Å². The van der Waals surface area contributed by atoms with Crippen LogP contribution in [-0.2, 0) is 6.54 Å². The summed E-state index contributed by atoms with van der Waals surface area (Å²) >= 11 is 0. The first kappa shape index (κ1) is 19.2. The van der Waals surface area contributed by atoms with Crippen LogP contribution in [0.3, 0.4) is 0 Å². The standard InChI is InChI=1S/C24H27N3O3/c1-16-23(19-5-3-4-6-20(19)25-16)24(28)17(2)27-11-9-26(10-12-27)14-18-7-8-21-22(13-18)30-15-29-21/h3-8,13,17,25H,9-12,14-15H2,1-2H3/t17-/m0/s1. The van der Waals surface area contributed by atoms with E-state index >= 15 is 0 Å². The summed E-state index contributed by atoms with van der Waals surface area (Å²) in [5, 5.41) is 1.02. The van der Waals surface area contributed by atoms with Gasteiger partial charge in [-0.2, -0.15) is 0 Å². The van der Waals surface area contributed by atoms with Crippen LogP contribution in [0.4, 0.5) is 0 Å². The Morgan fingerprint density at radius 3 is 2.67 bits per heavy atom. The van der Waals surface area contributed by atoms with Gasteiger partial charge in [0.05, 0.1) is 6.04 Å². The molecule has 5 rings (SSSR count). The highest BCUT2D eigenvalue weighted by atomic mass is 16.7. The van der Waals surface area contributed by atoms with Crippen LogP contribution in [0.5, 0.6) is 11.5 Å². The fourth-order valence-corrected chi connectivity index (χ4v) is 4.58. The maximum Gasteiger partial charge on any atom is 0.231 e. The average molecular weight is 405 g/mol. The van der Waals surface area contributed by atoms with Crippen molar-refractivity contribution < 1.29 is 14.3 Å². The molecule has 3 heterocycles. The van der Waals surface area contributed by atoms with Gasteiger partial charge >= 0.3 is 0 Å². The molecule has 1 N–H and O–H groups in total. The molecule has 6 nitrogen and oxygen atoms in total. The van der Waals surface area contributed by atoms with Crippen molar-refractivity contribution in [1.82, 2.24) is 14.8 Å². The molecule has 30 heavy (non-hydrogen) atoms. The average Bonchev–Trinajstić information content (AvgIpc) is 3.36. The molecule has 3 aromatic rings. The monoisotopic (exact) mass is 405 g/mol. The summed E-state index contributed by atoms with van der Waals surface area (Å²) in [6.07, 6.45) is 0. The number of ketones is 1. The molecule has 0 spiro atoms. The van der Waals surface area contributed by atoms with Gasteiger partial charge in [0.2, 0.25) is 6.79 Å². The lowest BCUT2D eigenvalue weighted by Gasteiger charge is -2.37. The van der Waals surface area contributed by atoms with Crippen LogP contribution in [-0.4, -0.2) is 59.6 Å². The lowest BCUT2D eigenvalue weighted by molar-refractivity contribution is 0.0688. The van der Waals surface area contributed by atoms with Crippen LogP contribution in [0.1, 0.15) is 28.5 Å². The van der Waals surface area contributed by atoms with Gasteiger partial charge in [-0.3, -0.25) is 14.6 Å². The zero-order chi connectivity index (χ0) is 20.7. The minimum absolute atomic E-state index is 0.129. The number of carbonyl (C=O) groups is 1. The summed E-state index contributed by atoms with van der Waals surface area (Å²) in [4.78, 5) is 21.4. The normalized spacial score (nSPS) is 18.1. The van der Waals surface area contributed by atoms with Gasteiger partial charge in [-0.25, -0.2) is 0 Å². The molecule has 0 amide bonds. The van der Waals surface area contributed by atoms with E-state index in [4.69, 9.17) is 9.47 Å². The van der Waals surface area contributed by atoms with Crippen molar-refractivity contribution in [2.24, 2.45) is 0 Å². The zero-order valence-corrected chi connectivity index (χ0v) is 17.5. The number of benzene rings is 2. The second-order valence-electron chi connectivity index (χ2n) is 8.21. The topological polar surface area (TPSA) is 57.8 Å². The van der Waals surface area contributed by atoms with E-state index in [2.05, 4.69) is 26.9 Å². The number of aromatic amines is 1. The van der Waals surface area contributed by atoms with Crippen LogP contribution in [0, 0.1) is 6.92 Å². The summed E-state index contributed by atoms with van der Waals surface area (Å²) < 4.78 is 10.9. The largest absolute Gasteiger partial charge is 0.454 e. The van der Waals surface area contributed by atoms with Crippen LogP contribution in [0.2, 0.25) is 0 Å². The predicted octanol–water partition coefficient (Wildman–Crippen LogP) is 3.59. The minimum Gasteiger partial charge on any atom is -0.454 e. The van der Waals surface area contributed by atoms with Gasteiger partial charge in [-0.15, -0.1) is 0 Å². The first-order chi connectivity index (χ1) is 14.6. The van der Waals surface area contributed by atoms with E-state index in [-0.39, 0.29) is 11.8 Å². The highest BCUT2D eigenvalue weighted by molar-refractivity contribution is 6.11. The number of Topliss-reactive ketones (excluding diaryl/α,β-unsaturated/α-hetero) is 1. The number of para-hydroxylation sites is 1. The van der Waals surface area contributed by atoms with Crippen molar-refractivity contribution >= 4 is 16.7 Å². The number of rotatable bonds is 5. The van der Waals surface area contributed by atoms with Gasteiger partial charge in [-0.1, -0.05) is 24.3 Å². The van der Waals surface area contributed by atoms with Gasteiger partial charge in [0.1, 0.15) is 0 Å². The maximum absolute atomic E-state index is 13.3. The van der Waals surface area contributed by atoms with Crippen LogP contribution < -0.4 is 9.47 Å². The maximum atomic E-state index is 13.3. The predicted molar refractivity (Wildman–Crippen MR) is 116 cm³/mol. The van der Waals surface area contributed by atoms with Crippen LogP contribution in [0.15, 0.2) is 42.5 Å². The van der Waals surface area contributed by atoms with Crippen molar-refractivity contribution in [2.45, 2.75) is 26.4 Å². The lowest BCUT2D eigenvalue weighted by Crippen LogP contribution is -2.51. The van der Waals surface area contributed by atoms with Gasteiger partial charge < -0.3 is 14.5 Å². The third-order valence-corrected chi connectivity index (χ3v) is 6.32. The fourth-order valence-electron chi connectivity index (χ4n) is 4.58. The number of piperazine rings is 1. The molecule has 2 aromatic carbocycles. The molecule has 0 saturated carbocycles. The number of H-pyrrole nitrogens is 1. The smallest absolute Gasteiger partial charge is 0.231 e. The molecule has 1 fully saturated rings. The summed E-state index contributed by atoms with van der Waals surface area (Å²) in [6, 6.07) is 14.1. The van der Waals surface area contributed by atoms with Gasteiger partial charge in [-0.05, 0) is 37.6 Å². The summed E-state index contributed by atoms with van der Waals surface area (Å²) in [5.74, 6) is 1.86. The van der Waals surface area contributed by atoms with Crippen molar-refractivity contribution in [3.05, 3.63) is 59.3 Å². The van der Waals surface area contributed by atoms with Crippen LogP contribution >= 0.6 is 0 Å². The van der Waals surface area contributed by atoms with Gasteiger partial charge in [0, 0.05) is 54.9 Å². The number of aromatic nitrogens is 1. The second-order valence-corrected chi connectivity index (χ2v) is 8.21. The molecule has 1 aromatic heterocycles. The molecule has 2 aliphatic heterocycles. The van der Waals surface area contributed by atoms with E-state index in [1.54, 1.807) is 0 Å². The number of ether oxygens (including phenoxy) is 2. The highest BCUT2D eigenvalue weighted by Crippen LogP contribution is 2.33. The van der Waals surface area contributed by atoms with E-state index in [0.29, 0.717) is 6.79 Å². The Hall–Kier alpha value is -2.83. The fraction of sp³-hybridized carbons (Fsp3) is 0.375. The molecule has 0 aliphatic carbocycles. The van der Waals surface area contributed by atoms with Crippen molar-refractivity contribution in [3.63, 3.8) is 0 Å². The van der Waals surface area contributed by atoms with E-state index in [9.17, 15) is 4.79 Å². The highest BCUT2D eigenvalue weighted by Gasteiger charge is 2.29. The Labute approximate surface area is 176 Å². The number of fused-ring (bicyclic) bond motifs is 2. The summed E-state index contributed by atoms with van der Waals surface area (Å²) in [5.41, 5.74) is 4.04. The van der Waals surface area contributed by atoms with Crippen LogP contribution in [0.25, 0.3) is 10.9 Å². The van der Waals surface area contributed by atoms with Crippen molar-refractivity contribution in [3.8, 4) is 11.5 Å². The molecule has 0 radical (unpaired) electrons. The van der Waals surface area contributed by atoms with E-state index in [1.165, 1.54) is 5.56 Å². The SMILES string of the molecule is Cc1[nH]c2ccccc2c1C(=O)[C@H](C)N1CCN(Cc2ccc3c(c2)OCO3)CC1. The second kappa shape index (κ2) is 7.78. The number of nitrogens with one attached hydrogen (secondary N) is 1. The quantitative estimate of drug-likeness (QED) is 0.658. The Balaban J connectivity index is 1.23. The number of aryl methyl sites for hydroxylation is 1. The summed E-state index contributed by atoms with van der Waals surface area (Å²) in [6.45, 7) is 8.88. The Morgan fingerprint density at radius 2 is 1.83 bits per heavy atom. The third-order valence-electron chi connectivity index (χ3n) is 6.32.